The lowest BCUT2D eigenvalue weighted by molar-refractivity contribution is 0.490. The molecule has 2 aromatic rings. The van der Waals surface area contributed by atoms with Crippen molar-refractivity contribution in [1.29, 1.82) is 0 Å². The van der Waals surface area contributed by atoms with Crippen LogP contribution in [0.1, 0.15) is 25.5 Å². The van der Waals surface area contributed by atoms with E-state index in [0.717, 1.165) is 39.1 Å². The molecule has 102 valence electrons. The van der Waals surface area contributed by atoms with E-state index in [9.17, 15) is 0 Å². The molecule has 1 aromatic carbocycles. The molecule has 1 heterocycles. The third-order valence-electron chi connectivity index (χ3n) is 2.86. The molecule has 0 aliphatic carbocycles. The molecule has 1 aromatic heterocycles. The van der Waals surface area contributed by atoms with Gasteiger partial charge in [0.1, 0.15) is 11.5 Å². The van der Waals surface area contributed by atoms with E-state index in [4.69, 9.17) is 4.42 Å². The molecule has 0 unspecified atom stereocenters. The number of halogens is 2. The van der Waals surface area contributed by atoms with Gasteiger partial charge in [0.15, 0.2) is 0 Å². The van der Waals surface area contributed by atoms with Crippen LogP contribution in [0.5, 0.6) is 0 Å². The van der Waals surface area contributed by atoms with E-state index < -0.39 is 0 Å². The zero-order valence-corrected chi connectivity index (χ0v) is 14.1. The Hall–Kier alpha value is -0.580. The average Bonchev–Trinajstić information content (AvgIpc) is 2.83. The van der Waals surface area contributed by atoms with Gasteiger partial charge in [0.2, 0.25) is 0 Å². The second-order valence-corrected chi connectivity index (χ2v) is 6.19. The summed E-state index contributed by atoms with van der Waals surface area (Å²) in [7, 11) is 0. The van der Waals surface area contributed by atoms with Crippen LogP contribution in [0, 0.1) is 0 Å². The Labute approximate surface area is 130 Å². The predicted octanol–water partition coefficient (Wildman–Crippen LogP) is 5.36. The van der Waals surface area contributed by atoms with Crippen molar-refractivity contribution in [1.82, 2.24) is 5.32 Å². The normalized spacial score (nSPS) is 10.9. The summed E-state index contributed by atoms with van der Waals surface area (Å²) in [6.45, 7) is 4.01. The topological polar surface area (TPSA) is 25.2 Å². The molecule has 0 aliphatic heterocycles. The molecule has 0 saturated carbocycles. The zero-order valence-electron chi connectivity index (χ0n) is 10.9. The first-order chi connectivity index (χ1) is 9.20. The predicted molar refractivity (Wildman–Crippen MR) is 86.2 cm³/mol. The van der Waals surface area contributed by atoms with Crippen LogP contribution in [0.2, 0.25) is 0 Å². The van der Waals surface area contributed by atoms with Crippen LogP contribution in [-0.2, 0) is 6.54 Å². The summed E-state index contributed by atoms with van der Waals surface area (Å²) in [5.41, 5.74) is 1.07. The van der Waals surface area contributed by atoms with Crippen LogP contribution in [0.4, 0.5) is 0 Å². The Balaban J connectivity index is 2.04. The second-order valence-electron chi connectivity index (χ2n) is 4.42. The van der Waals surface area contributed by atoms with Crippen molar-refractivity contribution in [3.8, 4) is 11.3 Å². The lowest BCUT2D eigenvalue weighted by atomic mass is 10.2. The van der Waals surface area contributed by atoms with Crippen LogP contribution in [0.3, 0.4) is 0 Å². The molecule has 0 saturated heterocycles. The fourth-order valence-corrected chi connectivity index (χ4v) is 3.06. The zero-order chi connectivity index (χ0) is 13.7. The van der Waals surface area contributed by atoms with Crippen LogP contribution in [0.15, 0.2) is 43.7 Å². The summed E-state index contributed by atoms with van der Waals surface area (Å²) < 4.78 is 7.94. The first-order valence-electron chi connectivity index (χ1n) is 6.45. The number of furan rings is 1. The Morgan fingerprint density at radius 3 is 2.74 bits per heavy atom. The van der Waals surface area contributed by atoms with E-state index in [-0.39, 0.29) is 0 Å². The molecule has 0 radical (unpaired) electrons. The molecule has 0 atom stereocenters. The maximum atomic E-state index is 5.86. The van der Waals surface area contributed by atoms with Crippen LogP contribution in [-0.4, -0.2) is 6.54 Å². The van der Waals surface area contributed by atoms with E-state index in [0.29, 0.717) is 0 Å². The van der Waals surface area contributed by atoms with E-state index in [1.54, 1.807) is 0 Å². The fraction of sp³-hybridized carbons (Fsp3) is 0.333. The number of rotatable bonds is 6. The van der Waals surface area contributed by atoms with Gasteiger partial charge in [0, 0.05) is 14.5 Å². The van der Waals surface area contributed by atoms with Crippen LogP contribution < -0.4 is 5.32 Å². The quantitative estimate of drug-likeness (QED) is 0.676. The summed E-state index contributed by atoms with van der Waals surface area (Å²) >= 11 is 7.01. The van der Waals surface area contributed by atoms with Crippen molar-refractivity contribution < 1.29 is 4.42 Å². The highest BCUT2D eigenvalue weighted by Gasteiger charge is 2.08. The van der Waals surface area contributed by atoms with Gasteiger partial charge in [-0.05, 0) is 59.2 Å². The summed E-state index contributed by atoms with van der Waals surface area (Å²) in [6, 6.07) is 10.1. The summed E-state index contributed by atoms with van der Waals surface area (Å²) in [6.07, 6.45) is 2.41. The Morgan fingerprint density at radius 1 is 1.16 bits per heavy atom. The van der Waals surface area contributed by atoms with Crippen LogP contribution >= 0.6 is 31.9 Å². The third kappa shape index (κ3) is 4.20. The fourth-order valence-electron chi connectivity index (χ4n) is 1.82. The van der Waals surface area contributed by atoms with Gasteiger partial charge in [0.25, 0.3) is 0 Å². The molecule has 0 bridgehead atoms. The standard InChI is InChI=1S/C15H17Br2NO/c1-2-3-8-18-10-12-5-7-15(19-12)13-6-4-11(16)9-14(13)17/h4-7,9,18H,2-3,8,10H2,1H3. The highest BCUT2D eigenvalue weighted by atomic mass is 79.9. The number of nitrogens with one attached hydrogen (secondary N) is 1. The van der Waals surface area contributed by atoms with Crippen molar-refractivity contribution >= 4 is 31.9 Å². The minimum absolute atomic E-state index is 0.786. The first kappa shape index (κ1) is 14.8. The van der Waals surface area contributed by atoms with Crippen LogP contribution in [0.25, 0.3) is 11.3 Å². The maximum absolute atomic E-state index is 5.86. The van der Waals surface area contributed by atoms with Gasteiger partial charge in [0.05, 0.1) is 6.54 Å². The Bertz CT molecular complexity index is 537. The maximum Gasteiger partial charge on any atom is 0.135 e. The Morgan fingerprint density at radius 2 is 2.00 bits per heavy atom. The van der Waals surface area contributed by atoms with Crippen molar-refractivity contribution in [3.63, 3.8) is 0 Å². The van der Waals surface area contributed by atoms with E-state index in [1.807, 2.05) is 30.3 Å². The van der Waals surface area contributed by atoms with E-state index in [1.165, 1.54) is 12.8 Å². The molecule has 2 rings (SSSR count). The van der Waals surface area contributed by atoms with E-state index in [2.05, 4.69) is 44.1 Å². The third-order valence-corrected chi connectivity index (χ3v) is 4.01. The van der Waals surface area contributed by atoms with Gasteiger partial charge >= 0.3 is 0 Å². The van der Waals surface area contributed by atoms with Crippen molar-refractivity contribution in [2.24, 2.45) is 0 Å². The van der Waals surface area contributed by atoms with Crippen molar-refractivity contribution in [2.45, 2.75) is 26.3 Å². The molecular weight excluding hydrogens is 370 g/mol. The number of unbranched alkanes of at least 4 members (excludes halogenated alkanes) is 1. The van der Waals surface area contributed by atoms with Gasteiger partial charge in [-0.15, -0.1) is 0 Å². The minimum Gasteiger partial charge on any atom is -0.460 e. The number of hydrogen-bond donors (Lipinski definition) is 1. The monoisotopic (exact) mass is 385 g/mol. The first-order valence-corrected chi connectivity index (χ1v) is 8.04. The Kier molecular flexibility index (Phi) is 5.67. The van der Waals surface area contributed by atoms with Crippen molar-refractivity contribution in [2.75, 3.05) is 6.54 Å². The minimum atomic E-state index is 0.786. The smallest absolute Gasteiger partial charge is 0.135 e. The number of benzene rings is 1. The molecule has 0 fully saturated rings. The number of hydrogen-bond acceptors (Lipinski definition) is 2. The van der Waals surface area contributed by atoms with Gasteiger partial charge in [-0.25, -0.2) is 0 Å². The molecule has 0 amide bonds. The molecule has 4 heteroatoms. The van der Waals surface area contributed by atoms with Gasteiger partial charge in [-0.1, -0.05) is 29.3 Å². The molecule has 1 N–H and O–H groups in total. The van der Waals surface area contributed by atoms with E-state index >= 15 is 0 Å². The highest BCUT2D eigenvalue weighted by Crippen LogP contribution is 2.31. The molecule has 0 aliphatic rings. The summed E-state index contributed by atoms with van der Waals surface area (Å²) in [5, 5.41) is 3.38. The highest BCUT2D eigenvalue weighted by molar-refractivity contribution is 9.11. The molecule has 2 nitrogen and oxygen atoms in total. The van der Waals surface area contributed by atoms with Gasteiger partial charge < -0.3 is 9.73 Å². The van der Waals surface area contributed by atoms with Gasteiger partial charge in [-0.3, -0.25) is 0 Å². The second kappa shape index (κ2) is 7.27. The summed E-state index contributed by atoms with van der Waals surface area (Å²) in [4.78, 5) is 0. The average molecular weight is 387 g/mol. The molecule has 0 spiro atoms. The SMILES string of the molecule is CCCCNCc1ccc(-c2ccc(Br)cc2Br)o1. The van der Waals surface area contributed by atoms with Gasteiger partial charge in [-0.2, -0.15) is 0 Å². The molecule has 19 heavy (non-hydrogen) atoms. The molecular formula is C15H17Br2NO. The lowest BCUT2D eigenvalue weighted by Crippen LogP contribution is -2.13. The largest absolute Gasteiger partial charge is 0.460 e. The van der Waals surface area contributed by atoms with Crippen molar-refractivity contribution in [3.05, 3.63) is 45.0 Å². The lowest BCUT2D eigenvalue weighted by Gasteiger charge is -2.03. The summed E-state index contributed by atoms with van der Waals surface area (Å²) in [5.74, 6) is 1.87.